The highest BCUT2D eigenvalue weighted by atomic mass is 32.1. The molecule has 0 saturated carbocycles. The van der Waals surface area contributed by atoms with E-state index in [0.29, 0.717) is 22.5 Å². The number of benzene rings is 3. The minimum absolute atomic E-state index is 0.0434. The Bertz CT molecular complexity index is 1870. The maximum absolute atomic E-state index is 13.6. The molecular formula is C27H17N5O4S. The number of fused-ring (bicyclic) bond motifs is 2. The van der Waals surface area contributed by atoms with Crippen molar-refractivity contribution in [1.82, 2.24) is 14.6 Å². The number of carbonyl (C=O) groups is 2. The van der Waals surface area contributed by atoms with Gasteiger partial charge in [-0.3, -0.25) is 24.1 Å². The molecule has 3 aromatic carbocycles. The topological polar surface area (TPSA) is 114 Å². The van der Waals surface area contributed by atoms with Gasteiger partial charge in [0.25, 0.3) is 11.5 Å². The maximum Gasteiger partial charge on any atom is 0.300 e. The van der Waals surface area contributed by atoms with Gasteiger partial charge in [0.2, 0.25) is 10.9 Å². The van der Waals surface area contributed by atoms with Crippen LogP contribution in [0.3, 0.4) is 0 Å². The number of aromatic nitrogens is 3. The molecule has 0 radical (unpaired) electrons. The van der Waals surface area contributed by atoms with Crippen LogP contribution >= 0.6 is 11.3 Å². The maximum atomic E-state index is 13.6. The minimum atomic E-state index is -0.568. The van der Waals surface area contributed by atoms with Gasteiger partial charge in [0.15, 0.2) is 5.69 Å². The second-order valence-electron chi connectivity index (χ2n) is 8.26. The highest BCUT2D eigenvalue weighted by Gasteiger charge is 2.35. The molecule has 37 heavy (non-hydrogen) atoms. The normalized spacial score (nSPS) is 14.2. The highest BCUT2D eigenvalue weighted by Crippen LogP contribution is 2.35. The fourth-order valence-corrected chi connectivity index (χ4v) is 5.25. The molecule has 1 aliphatic heterocycles. The lowest BCUT2D eigenvalue weighted by atomic mass is 10.1. The minimum Gasteiger partial charge on any atom is -0.325 e. The Hall–Kier alpha value is -4.96. The van der Waals surface area contributed by atoms with Crippen molar-refractivity contribution in [3.63, 3.8) is 0 Å². The predicted octanol–water partition coefficient (Wildman–Crippen LogP) is 2.08. The van der Waals surface area contributed by atoms with Crippen molar-refractivity contribution in [2.75, 3.05) is 16.8 Å². The van der Waals surface area contributed by atoms with Gasteiger partial charge in [0.05, 0.1) is 11.3 Å². The molecule has 1 N–H and O–H groups in total. The SMILES string of the molecule is O=C(CN1C(=O)C(=c2sc3nc(=O)c(-c4ccccc4)nn3c2=O)c2ccccc21)Nc1ccccc1. The van der Waals surface area contributed by atoms with Crippen LogP contribution in [0.2, 0.25) is 0 Å². The predicted molar refractivity (Wildman–Crippen MR) is 140 cm³/mol. The Morgan fingerprint density at radius 2 is 1.54 bits per heavy atom. The van der Waals surface area contributed by atoms with Crippen molar-refractivity contribution in [3.05, 3.63) is 116 Å². The van der Waals surface area contributed by atoms with Crippen molar-refractivity contribution in [1.29, 1.82) is 0 Å². The van der Waals surface area contributed by atoms with Crippen LogP contribution in [0.15, 0.2) is 94.5 Å². The number of thiazole rings is 1. The fourth-order valence-electron chi connectivity index (χ4n) is 4.26. The summed E-state index contributed by atoms with van der Waals surface area (Å²) < 4.78 is 1.16. The van der Waals surface area contributed by atoms with Crippen LogP contribution in [0.1, 0.15) is 5.56 Å². The first-order valence-corrected chi connectivity index (χ1v) is 12.1. The monoisotopic (exact) mass is 507 g/mol. The van der Waals surface area contributed by atoms with E-state index < -0.39 is 17.0 Å². The van der Waals surface area contributed by atoms with Crippen molar-refractivity contribution >= 4 is 45.1 Å². The lowest BCUT2D eigenvalue weighted by Gasteiger charge is -2.16. The van der Waals surface area contributed by atoms with Crippen LogP contribution in [-0.4, -0.2) is 33.0 Å². The Balaban J connectivity index is 1.46. The summed E-state index contributed by atoms with van der Waals surface area (Å²) in [5.74, 6) is -0.866. The third-order valence-corrected chi connectivity index (χ3v) is 6.95. The van der Waals surface area contributed by atoms with E-state index >= 15 is 0 Å². The summed E-state index contributed by atoms with van der Waals surface area (Å²) in [4.78, 5) is 57.9. The van der Waals surface area contributed by atoms with Gasteiger partial charge in [-0.1, -0.05) is 78.1 Å². The molecule has 0 bridgehead atoms. The van der Waals surface area contributed by atoms with E-state index in [1.807, 2.05) is 6.07 Å². The molecule has 1 aliphatic rings. The standard InChI is InChI=1S/C27H17N5O4S/c33-20(28-17-11-5-2-6-12-17)15-31-19-14-8-7-13-18(19)21(25(31)35)23-26(36)32-27(37-23)29-24(34)22(30-32)16-9-3-1-4-10-16/h1-14H,15H2,(H,28,33). The lowest BCUT2D eigenvalue weighted by Crippen LogP contribution is -2.37. The van der Waals surface area contributed by atoms with Crippen LogP contribution in [0.5, 0.6) is 0 Å². The van der Waals surface area contributed by atoms with Crippen molar-refractivity contribution in [2.45, 2.75) is 0 Å². The summed E-state index contributed by atoms with van der Waals surface area (Å²) in [6.07, 6.45) is 0. The molecule has 6 rings (SSSR count). The summed E-state index contributed by atoms with van der Waals surface area (Å²) in [7, 11) is 0. The zero-order valence-electron chi connectivity index (χ0n) is 19.1. The first kappa shape index (κ1) is 22.5. The number of amides is 2. The average Bonchev–Trinajstić information content (AvgIpc) is 3.37. The second kappa shape index (κ2) is 8.92. The zero-order valence-corrected chi connectivity index (χ0v) is 19.9. The van der Waals surface area contributed by atoms with Crippen LogP contribution in [0, 0.1) is 0 Å². The van der Waals surface area contributed by atoms with Gasteiger partial charge >= 0.3 is 5.56 Å². The Labute approximate surface area is 212 Å². The van der Waals surface area contributed by atoms with E-state index in [0.717, 1.165) is 15.9 Å². The van der Waals surface area contributed by atoms with Gasteiger partial charge < -0.3 is 5.32 Å². The molecular weight excluding hydrogens is 490 g/mol. The number of hydrogen-bond donors (Lipinski definition) is 1. The van der Waals surface area contributed by atoms with E-state index in [4.69, 9.17) is 0 Å². The fraction of sp³-hybridized carbons (Fsp3) is 0.0370. The summed E-state index contributed by atoms with van der Waals surface area (Å²) in [5.41, 5.74) is 1.25. The Morgan fingerprint density at radius 3 is 2.30 bits per heavy atom. The molecule has 9 nitrogen and oxygen atoms in total. The van der Waals surface area contributed by atoms with Gasteiger partial charge in [0, 0.05) is 16.8 Å². The molecule has 0 spiro atoms. The van der Waals surface area contributed by atoms with E-state index in [9.17, 15) is 19.2 Å². The molecule has 0 fully saturated rings. The number of hydrogen-bond acceptors (Lipinski definition) is 7. The smallest absolute Gasteiger partial charge is 0.300 e. The highest BCUT2D eigenvalue weighted by molar-refractivity contribution is 7.15. The van der Waals surface area contributed by atoms with Crippen molar-refractivity contribution in [2.24, 2.45) is 0 Å². The van der Waals surface area contributed by atoms with Gasteiger partial charge in [-0.05, 0) is 18.2 Å². The number of rotatable bonds is 4. The third kappa shape index (κ3) is 3.89. The molecule has 180 valence electrons. The molecule has 0 saturated heterocycles. The summed E-state index contributed by atoms with van der Waals surface area (Å²) in [6.45, 7) is -0.236. The third-order valence-electron chi connectivity index (χ3n) is 5.92. The summed E-state index contributed by atoms with van der Waals surface area (Å²) in [6, 6.07) is 24.6. The molecule has 10 heteroatoms. The van der Waals surface area contributed by atoms with Crippen LogP contribution in [-0.2, 0) is 9.59 Å². The molecule has 2 aromatic heterocycles. The molecule has 5 aromatic rings. The van der Waals surface area contributed by atoms with Crippen molar-refractivity contribution < 1.29 is 9.59 Å². The van der Waals surface area contributed by atoms with E-state index in [-0.39, 0.29) is 33.2 Å². The lowest BCUT2D eigenvalue weighted by molar-refractivity contribution is -0.118. The van der Waals surface area contributed by atoms with Crippen molar-refractivity contribution in [3.8, 4) is 11.3 Å². The number of nitrogens with zero attached hydrogens (tertiary/aromatic N) is 4. The summed E-state index contributed by atoms with van der Waals surface area (Å²) in [5, 5.41) is 7.04. The molecule has 2 amide bonds. The molecule has 3 heterocycles. The number of para-hydroxylation sites is 2. The van der Waals surface area contributed by atoms with Gasteiger partial charge in [0.1, 0.15) is 11.1 Å². The van der Waals surface area contributed by atoms with Crippen LogP contribution < -0.4 is 25.9 Å². The molecule has 0 unspecified atom stereocenters. The quantitative estimate of drug-likeness (QED) is 0.399. The number of carbonyl (C=O) groups excluding carboxylic acids is 2. The molecule has 0 aliphatic carbocycles. The first-order valence-electron chi connectivity index (χ1n) is 11.3. The second-order valence-corrected chi connectivity index (χ2v) is 9.24. The largest absolute Gasteiger partial charge is 0.325 e. The Morgan fingerprint density at radius 1 is 0.865 bits per heavy atom. The Kier molecular flexibility index (Phi) is 5.42. The zero-order chi connectivity index (χ0) is 25.5. The van der Waals surface area contributed by atoms with E-state index in [1.165, 1.54) is 4.90 Å². The van der Waals surface area contributed by atoms with E-state index in [1.54, 1.807) is 78.9 Å². The number of anilines is 2. The van der Waals surface area contributed by atoms with E-state index in [2.05, 4.69) is 15.4 Å². The van der Waals surface area contributed by atoms with Crippen LogP contribution in [0.4, 0.5) is 11.4 Å². The van der Waals surface area contributed by atoms with Gasteiger partial charge in [-0.2, -0.15) is 14.6 Å². The summed E-state index contributed by atoms with van der Waals surface area (Å²) >= 11 is 0.922. The average molecular weight is 508 g/mol. The number of nitrogens with one attached hydrogen (secondary N) is 1. The van der Waals surface area contributed by atoms with Crippen LogP contribution in [0.25, 0.3) is 21.8 Å². The van der Waals surface area contributed by atoms with Gasteiger partial charge in [-0.25, -0.2) is 0 Å². The molecule has 0 atom stereocenters. The van der Waals surface area contributed by atoms with Gasteiger partial charge in [-0.15, -0.1) is 0 Å². The first-order chi connectivity index (χ1) is 18.0.